The lowest BCUT2D eigenvalue weighted by Crippen LogP contribution is -2.51. The Morgan fingerprint density at radius 1 is 1.22 bits per heavy atom. The Kier molecular flexibility index (Phi) is 6.54. The van der Waals surface area contributed by atoms with Gasteiger partial charge in [-0.25, -0.2) is 0 Å². The highest BCUT2D eigenvalue weighted by atomic mass is 16.3. The first-order valence-electron chi connectivity index (χ1n) is 10.0. The van der Waals surface area contributed by atoms with E-state index in [4.69, 9.17) is 0 Å². The smallest absolute Gasteiger partial charge is 0.0543 e. The maximum atomic E-state index is 10.0. The van der Waals surface area contributed by atoms with Gasteiger partial charge in [0.15, 0.2) is 0 Å². The molecule has 0 heterocycles. The highest BCUT2D eigenvalue weighted by Gasteiger charge is 2.53. The number of aliphatic hydroxyl groups is 1. The highest BCUT2D eigenvalue weighted by Crippen LogP contribution is 2.61. The molecule has 3 rings (SSSR count). The van der Waals surface area contributed by atoms with Crippen LogP contribution in [0.4, 0.5) is 0 Å². The number of allylic oxidation sites excluding steroid dienone is 2. The minimum Gasteiger partial charge on any atom is -0.393 e. The van der Waals surface area contributed by atoms with Gasteiger partial charge in [-0.1, -0.05) is 39.0 Å². The molecular formula is C22H38O. The van der Waals surface area contributed by atoms with Crippen LogP contribution in [0, 0.1) is 29.1 Å². The SMILES string of the molecule is C=CCCC1C(=C)CCC2C1CCC1CC(O)CCC12C.CC. The minimum atomic E-state index is -0.0326. The van der Waals surface area contributed by atoms with E-state index in [2.05, 4.69) is 26.2 Å². The fourth-order valence-corrected chi connectivity index (χ4v) is 5.99. The van der Waals surface area contributed by atoms with Crippen LogP contribution >= 0.6 is 0 Å². The van der Waals surface area contributed by atoms with Crippen LogP contribution in [0.1, 0.15) is 78.6 Å². The van der Waals surface area contributed by atoms with E-state index in [-0.39, 0.29) is 6.10 Å². The largest absolute Gasteiger partial charge is 0.393 e. The average molecular weight is 319 g/mol. The lowest BCUT2D eigenvalue weighted by molar-refractivity contribution is -0.0907. The Hall–Kier alpha value is -0.560. The molecule has 0 aliphatic heterocycles. The molecule has 0 bridgehead atoms. The lowest BCUT2D eigenvalue weighted by Gasteiger charge is -2.58. The van der Waals surface area contributed by atoms with E-state index in [1.165, 1.54) is 44.1 Å². The summed E-state index contributed by atoms with van der Waals surface area (Å²) in [5.74, 6) is 3.20. The first-order chi connectivity index (χ1) is 11.1. The van der Waals surface area contributed by atoms with Gasteiger partial charge in [-0.15, -0.1) is 6.58 Å². The molecule has 1 heteroatoms. The van der Waals surface area contributed by atoms with Gasteiger partial charge in [-0.2, -0.15) is 0 Å². The molecule has 0 saturated heterocycles. The second-order valence-electron chi connectivity index (χ2n) is 8.15. The van der Waals surface area contributed by atoms with Gasteiger partial charge in [0.05, 0.1) is 6.10 Å². The summed E-state index contributed by atoms with van der Waals surface area (Å²) in [5, 5.41) is 10.0. The van der Waals surface area contributed by atoms with Gasteiger partial charge in [0.25, 0.3) is 0 Å². The molecule has 3 fully saturated rings. The van der Waals surface area contributed by atoms with Gasteiger partial charge < -0.3 is 5.11 Å². The summed E-state index contributed by atoms with van der Waals surface area (Å²) in [5.41, 5.74) is 1.99. The van der Waals surface area contributed by atoms with Crippen LogP contribution in [0.3, 0.4) is 0 Å². The minimum absolute atomic E-state index is 0.0326. The Bertz CT molecular complexity index is 412. The van der Waals surface area contributed by atoms with Crippen molar-refractivity contribution in [1.29, 1.82) is 0 Å². The van der Waals surface area contributed by atoms with E-state index in [9.17, 15) is 5.11 Å². The normalized spacial score (nSPS) is 42.8. The molecule has 23 heavy (non-hydrogen) atoms. The molecule has 3 aliphatic rings. The Morgan fingerprint density at radius 3 is 2.65 bits per heavy atom. The maximum absolute atomic E-state index is 10.0. The van der Waals surface area contributed by atoms with E-state index < -0.39 is 0 Å². The second kappa shape index (κ2) is 8.01. The van der Waals surface area contributed by atoms with Crippen molar-refractivity contribution in [2.24, 2.45) is 29.1 Å². The van der Waals surface area contributed by atoms with Gasteiger partial charge in [-0.05, 0) is 86.9 Å². The fraction of sp³-hybridized carbons (Fsp3) is 0.818. The van der Waals surface area contributed by atoms with Crippen molar-refractivity contribution < 1.29 is 5.11 Å². The Labute approximate surface area is 144 Å². The molecule has 1 N–H and O–H groups in total. The monoisotopic (exact) mass is 318 g/mol. The summed E-state index contributed by atoms with van der Waals surface area (Å²) in [4.78, 5) is 0. The summed E-state index contributed by atoms with van der Waals surface area (Å²) in [6, 6.07) is 0. The molecule has 0 aromatic rings. The van der Waals surface area contributed by atoms with Crippen molar-refractivity contribution in [3.63, 3.8) is 0 Å². The number of hydrogen-bond donors (Lipinski definition) is 1. The highest BCUT2D eigenvalue weighted by molar-refractivity contribution is 5.13. The molecular weight excluding hydrogens is 280 g/mol. The molecule has 132 valence electrons. The summed E-state index contributed by atoms with van der Waals surface area (Å²) in [7, 11) is 0. The first kappa shape index (κ1) is 18.8. The number of hydrogen-bond acceptors (Lipinski definition) is 1. The third-order valence-electron chi connectivity index (χ3n) is 7.22. The summed E-state index contributed by atoms with van der Waals surface area (Å²) in [6.07, 6.45) is 13.0. The number of fused-ring (bicyclic) bond motifs is 3. The van der Waals surface area contributed by atoms with Gasteiger partial charge in [0, 0.05) is 0 Å². The molecule has 1 nitrogen and oxygen atoms in total. The van der Waals surface area contributed by atoms with Crippen molar-refractivity contribution in [3.8, 4) is 0 Å². The third-order valence-corrected chi connectivity index (χ3v) is 7.22. The van der Waals surface area contributed by atoms with Crippen molar-refractivity contribution in [2.45, 2.75) is 84.7 Å². The van der Waals surface area contributed by atoms with Crippen molar-refractivity contribution in [3.05, 3.63) is 24.8 Å². The van der Waals surface area contributed by atoms with E-state index in [1.54, 1.807) is 0 Å². The van der Waals surface area contributed by atoms with Crippen molar-refractivity contribution in [2.75, 3.05) is 0 Å². The van der Waals surface area contributed by atoms with E-state index in [0.29, 0.717) is 5.41 Å². The van der Waals surface area contributed by atoms with Crippen molar-refractivity contribution >= 4 is 0 Å². The van der Waals surface area contributed by atoms with E-state index in [1.807, 2.05) is 13.8 Å². The fourth-order valence-electron chi connectivity index (χ4n) is 5.99. The van der Waals surface area contributed by atoms with Crippen LogP contribution in [-0.4, -0.2) is 11.2 Å². The van der Waals surface area contributed by atoms with Crippen LogP contribution in [0.25, 0.3) is 0 Å². The summed E-state index contributed by atoms with van der Waals surface area (Å²) in [6.45, 7) is 14.8. The predicted octanol–water partition coefficient (Wildman–Crippen LogP) is 6.14. The Morgan fingerprint density at radius 2 is 1.96 bits per heavy atom. The lowest BCUT2D eigenvalue weighted by atomic mass is 9.47. The molecule has 6 unspecified atom stereocenters. The quantitative estimate of drug-likeness (QED) is 0.620. The van der Waals surface area contributed by atoms with Crippen molar-refractivity contribution in [1.82, 2.24) is 0 Å². The molecule has 3 saturated carbocycles. The van der Waals surface area contributed by atoms with Gasteiger partial charge in [0.1, 0.15) is 0 Å². The van der Waals surface area contributed by atoms with Crippen LogP contribution in [-0.2, 0) is 0 Å². The Balaban J connectivity index is 0.000000924. The molecule has 0 aromatic carbocycles. The molecule has 0 spiro atoms. The third kappa shape index (κ3) is 3.60. The van der Waals surface area contributed by atoms with E-state index >= 15 is 0 Å². The molecule has 3 aliphatic carbocycles. The standard InChI is InChI=1S/C20H32O.C2H6/c1-4-5-6-17-14(2)7-10-19-18(17)9-8-15-13-16(21)11-12-20(15,19)3;1-2/h4,15-19,21H,1-2,5-13H2,3H3;1-2H3. The zero-order chi connectivity index (χ0) is 17.0. The molecule has 0 radical (unpaired) electrons. The first-order valence-corrected chi connectivity index (χ1v) is 10.0. The van der Waals surface area contributed by atoms with Crippen LogP contribution < -0.4 is 0 Å². The summed E-state index contributed by atoms with van der Waals surface area (Å²) >= 11 is 0. The second-order valence-corrected chi connectivity index (χ2v) is 8.15. The van der Waals surface area contributed by atoms with Gasteiger partial charge >= 0.3 is 0 Å². The molecule has 0 amide bonds. The predicted molar refractivity (Wildman–Crippen MR) is 100 cm³/mol. The topological polar surface area (TPSA) is 20.2 Å². The molecule has 6 atom stereocenters. The van der Waals surface area contributed by atoms with Crippen LogP contribution in [0.15, 0.2) is 24.8 Å². The number of rotatable bonds is 3. The summed E-state index contributed by atoms with van der Waals surface area (Å²) < 4.78 is 0. The molecule has 0 aromatic heterocycles. The van der Waals surface area contributed by atoms with Gasteiger partial charge in [0.2, 0.25) is 0 Å². The van der Waals surface area contributed by atoms with E-state index in [0.717, 1.165) is 42.9 Å². The van der Waals surface area contributed by atoms with Gasteiger partial charge in [-0.3, -0.25) is 0 Å². The van der Waals surface area contributed by atoms with Crippen LogP contribution in [0.5, 0.6) is 0 Å². The zero-order valence-corrected chi connectivity index (χ0v) is 15.7. The maximum Gasteiger partial charge on any atom is 0.0543 e. The van der Waals surface area contributed by atoms with Crippen LogP contribution in [0.2, 0.25) is 0 Å². The number of aliphatic hydroxyl groups excluding tert-OH is 1. The zero-order valence-electron chi connectivity index (χ0n) is 15.7. The average Bonchev–Trinajstić information content (AvgIpc) is 2.56.